The lowest BCUT2D eigenvalue weighted by Gasteiger charge is -2.42. The molecule has 0 unspecified atom stereocenters. The second-order valence-corrected chi connectivity index (χ2v) is 14.1. The number of aliphatic hydroxyl groups is 1. The number of hydrogen-bond donors (Lipinski definition) is 1. The second-order valence-electron chi connectivity index (χ2n) is 9.35. The summed E-state index contributed by atoms with van der Waals surface area (Å²) in [6, 6.07) is 10.3. The maximum atomic E-state index is 9.41. The Balaban J connectivity index is 2.85. The van der Waals surface area contributed by atoms with Crippen LogP contribution in [0.25, 0.3) is 0 Å². The first-order valence-electron chi connectivity index (χ1n) is 10.1. The van der Waals surface area contributed by atoms with Crippen molar-refractivity contribution in [2.24, 2.45) is 11.8 Å². The molecule has 0 saturated carbocycles. The van der Waals surface area contributed by atoms with Gasteiger partial charge in [-0.1, -0.05) is 76.6 Å². The summed E-state index contributed by atoms with van der Waals surface area (Å²) < 4.78 is 12.8. The Morgan fingerprint density at radius 3 is 2.26 bits per heavy atom. The number of aliphatic hydroxyl groups excluding tert-OH is 1. The van der Waals surface area contributed by atoms with Crippen LogP contribution in [0.1, 0.15) is 47.1 Å². The van der Waals surface area contributed by atoms with E-state index in [0.29, 0.717) is 13.2 Å². The first kappa shape index (κ1) is 24.1. The molecule has 1 aromatic carbocycles. The number of hydrogen-bond acceptors (Lipinski definition) is 3. The summed E-state index contributed by atoms with van der Waals surface area (Å²) in [7, 11) is -1.91. The van der Waals surface area contributed by atoms with E-state index in [1.165, 1.54) is 5.56 Å². The van der Waals surface area contributed by atoms with Crippen LogP contribution in [0, 0.1) is 11.8 Å². The standard InChI is InChI=1S/C23H40O3Si/c1-18(15-24)14-19(2)22(26-27(7,8)23(4,5)6)20(3)16-25-17-21-12-10-9-11-13-21/h9-14,19-20,22,24H,15-17H2,1-8H3/b18-14-/t19-,20-,22+/m1/s1. The van der Waals surface area contributed by atoms with Crippen LogP contribution < -0.4 is 0 Å². The topological polar surface area (TPSA) is 38.7 Å². The molecule has 0 aromatic heterocycles. The van der Waals surface area contributed by atoms with E-state index in [-0.39, 0.29) is 29.6 Å². The molecule has 0 aliphatic carbocycles. The Kier molecular flexibility index (Phi) is 9.42. The third-order valence-corrected chi connectivity index (χ3v) is 10.1. The van der Waals surface area contributed by atoms with Gasteiger partial charge < -0.3 is 14.3 Å². The number of benzene rings is 1. The van der Waals surface area contributed by atoms with E-state index in [9.17, 15) is 5.11 Å². The van der Waals surface area contributed by atoms with Crippen LogP contribution in [0.15, 0.2) is 42.0 Å². The van der Waals surface area contributed by atoms with Crippen LogP contribution in [0.2, 0.25) is 18.1 Å². The van der Waals surface area contributed by atoms with Gasteiger partial charge in [0.25, 0.3) is 0 Å². The quantitative estimate of drug-likeness (QED) is 0.404. The normalized spacial score (nSPS) is 16.9. The zero-order valence-electron chi connectivity index (χ0n) is 18.6. The maximum absolute atomic E-state index is 9.41. The van der Waals surface area contributed by atoms with Gasteiger partial charge >= 0.3 is 0 Å². The Labute approximate surface area is 167 Å². The van der Waals surface area contributed by atoms with Gasteiger partial charge in [-0.15, -0.1) is 0 Å². The van der Waals surface area contributed by atoms with Crippen molar-refractivity contribution in [2.75, 3.05) is 13.2 Å². The summed E-state index contributed by atoms with van der Waals surface area (Å²) in [6.45, 7) is 19.1. The van der Waals surface area contributed by atoms with Crippen LogP contribution in [-0.2, 0) is 15.8 Å². The zero-order valence-corrected chi connectivity index (χ0v) is 19.6. The third kappa shape index (κ3) is 7.90. The fourth-order valence-electron chi connectivity index (χ4n) is 2.89. The minimum Gasteiger partial charge on any atom is -0.413 e. The molecule has 1 N–H and O–H groups in total. The molecular weight excluding hydrogens is 352 g/mol. The highest BCUT2D eigenvalue weighted by Crippen LogP contribution is 2.39. The van der Waals surface area contributed by atoms with Gasteiger partial charge in [0.15, 0.2) is 8.32 Å². The second kappa shape index (κ2) is 10.6. The highest BCUT2D eigenvalue weighted by atomic mass is 28.4. The fourth-order valence-corrected chi connectivity index (χ4v) is 4.37. The monoisotopic (exact) mass is 392 g/mol. The summed E-state index contributed by atoms with van der Waals surface area (Å²) in [5.74, 6) is 0.488. The molecule has 1 rings (SSSR count). The van der Waals surface area contributed by atoms with Gasteiger partial charge in [-0.25, -0.2) is 0 Å². The lowest BCUT2D eigenvalue weighted by atomic mass is 9.92. The molecule has 3 nitrogen and oxygen atoms in total. The van der Waals surface area contributed by atoms with Crippen molar-refractivity contribution in [3.05, 3.63) is 47.5 Å². The molecule has 0 aliphatic rings. The Bertz CT molecular complexity index is 575. The van der Waals surface area contributed by atoms with E-state index >= 15 is 0 Å². The third-order valence-electron chi connectivity index (χ3n) is 5.61. The molecule has 0 amide bonds. The molecule has 0 aliphatic heterocycles. The molecule has 0 saturated heterocycles. The van der Waals surface area contributed by atoms with E-state index in [2.05, 4.69) is 65.9 Å². The SMILES string of the molecule is C/C(=C/[C@@H](C)[C@H](O[Si](C)(C)C(C)(C)C)[C@H](C)COCc1ccccc1)CO. The molecule has 3 atom stereocenters. The van der Waals surface area contributed by atoms with Crippen LogP contribution >= 0.6 is 0 Å². The van der Waals surface area contributed by atoms with Crippen LogP contribution in [0.4, 0.5) is 0 Å². The van der Waals surface area contributed by atoms with Crippen molar-refractivity contribution in [3.63, 3.8) is 0 Å². The average Bonchev–Trinajstić information content (AvgIpc) is 2.59. The summed E-state index contributed by atoms with van der Waals surface area (Å²) >= 11 is 0. The van der Waals surface area contributed by atoms with Crippen molar-refractivity contribution in [1.29, 1.82) is 0 Å². The lowest BCUT2D eigenvalue weighted by Crippen LogP contribution is -2.47. The molecule has 154 valence electrons. The predicted octanol–water partition coefficient (Wildman–Crippen LogP) is 5.80. The van der Waals surface area contributed by atoms with E-state index < -0.39 is 8.32 Å². The van der Waals surface area contributed by atoms with Crippen molar-refractivity contribution in [1.82, 2.24) is 0 Å². The molecular formula is C23H40O3Si. The van der Waals surface area contributed by atoms with Gasteiger partial charge in [-0.05, 0) is 36.5 Å². The minimum absolute atomic E-state index is 0.0724. The van der Waals surface area contributed by atoms with Gasteiger partial charge in [0, 0.05) is 5.92 Å². The zero-order chi connectivity index (χ0) is 20.7. The molecule has 4 heteroatoms. The van der Waals surface area contributed by atoms with Crippen molar-refractivity contribution >= 4 is 8.32 Å². The summed E-state index contributed by atoms with van der Waals surface area (Å²) in [5.41, 5.74) is 2.18. The van der Waals surface area contributed by atoms with Crippen molar-refractivity contribution in [2.45, 2.75) is 72.4 Å². The highest BCUT2D eigenvalue weighted by molar-refractivity contribution is 6.74. The number of ether oxygens (including phenoxy) is 1. The van der Waals surface area contributed by atoms with Gasteiger partial charge in [0.1, 0.15) is 0 Å². The Morgan fingerprint density at radius 1 is 1.15 bits per heavy atom. The number of rotatable bonds is 10. The first-order chi connectivity index (χ1) is 12.5. The first-order valence-corrected chi connectivity index (χ1v) is 13.0. The van der Waals surface area contributed by atoms with E-state index in [1.54, 1.807) is 0 Å². The Hall–Kier alpha value is -0.943. The molecule has 0 bridgehead atoms. The fraction of sp³-hybridized carbons (Fsp3) is 0.652. The van der Waals surface area contributed by atoms with Crippen molar-refractivity contribution < 1.29 is 14.3 Å². The highest BCUT2D eigenvalue weighted by Gasteiger charge is 2.41. The minimum atomic E-state index is -1.91. The van der Waals surface area contributed by atoms with Crippen LogP contribution in [0.3, 0.4) is 0 Å². The molecule has 27 heavy (non-hydrogen) atoms. The van der Waals surface area contributed by atoms with Gasteiger partial charge in [-0.3, -0.25) is 0 Å². The molecule has 1 aromatic rings. The van der Waals surface area contributed by atoms with Gasteiger partial charge in [0.2, 0.25) is 0 Å². The van der Waals surface area contributed by atoms with E-state index in [1.807, 2.05) is 25.1 Å². The van der Waals surface area contributed by atoms with Crippen LogP contribution in [0.5, 0.6) is 0 Å². The summed E-state index contributed by atoms with van der Waals surface area (Å²) in [4.78, 5) is 0. The largest absolute Gasteiger partial charge is 0.413 e. The maximum Gasteiger partial charge on any atom is 0.192 e. The van der Waals surface area contributed by atoms with Gasteiger partial charge in [0.05, 0.1) is 25.9 Å². The molecule has 0 spiro atoms. The van der Waals surface area contributed by atoms with Crippen molar-refractivity contribution in [3.8, 4) is 0 Å². The van der Waals surface area contributed by atoms with E-state index in [0.717, 1.165) is 5.57 Å². The summed E-state index contributed by atoms with van der Waals surface area (Å²) in [5, 5.41) is 9.57. The van der Waals surface area contributed by atoms with E-state index in [4.69, 9.17) is 9.16 Å². The average molecular weight is 393 g/mol. The lowest BCUT2D eigenvalue weighted by molar-refractivity contribution is 0.0193. The molecule has 0 heterocycles. The smallest absolute Gasteiger partial charge is 0.192 e. The molecule has 0 radical (unpaired) electrons. The Morgan fingerprint density at radius 2 is 1.74 bits per heavy atom. The van der Waals surface area contributed by atoms with Gasteiger partial charge in [-0.2, -0.15) is 0 Å². The molecule has 0 fully saturated rings. The van der Waals surface area contributed by atoms with Crippen LogP contribution in [-0.4, -0.2) is 32.7 Å². The summed E-state index contributed by atoms with van der Waals surface area (Å²) in [6.07, 6.45) is 2.22. The predicted molar refractivity (Wildman–Crippen MR) is 117 cm³/mol.